The van der Waals surface area contributed by atoms with Crippen LogP contribution in [0.1, 0.15) is 23.2 Å². The van der Waals surface area contributed by atoms with Crippen molar-refractivity contribution in [3.05, 3.63) is 35.9 Å². The van der Waals surface area contributed by atoms with Crippen molar-refractivity contribution in [1.82, 2.24) is 10.6 Å². The smallest absolute Gasteiger partial charge is 0.257 e. The number of benzene rings is 1. The Labute approximate surface area is 94.0 Å². The Hall–Kier alpha value is -1.68. The minimum absolute atomic E-state index is 0.215. The van der Waals surface area contributed by atoms with Crippen molar-refractivity contribution in [3.63, 3.8) is 0 Å². The molecule has 1 aromatic rings. The van der Waals surface area contributed by atoms with Gasteiger partial charge in [-0.25, -0.2) is 0 Å². The largest absolute Gasteiger partial charge is 0.306 e. The number of amides is 2. The summed E-state index contributed by atoms with van der Waals surface area (Å²) in [4.78, 5) is 23.3. The van der Waals surface area contributed by atoms with Gasteiger partial charge in [-0.3, -0.25) is 14.9 Å². The molecular weight excluding hydrogens is 204 g/mol. The predicted octanol–water partition coefficient (Wildman–Crippen LogP) is 0.695. The first kappa shape index (κ1) is 10.8. The highest BCUT2D eigenvalue weighted by Gasteiger charge is 2.23. The third-order valence-corrected chi connectivity index (χ3v) is 2.65. The summed E-state index contributed by atoms with van der Waals surface area (Å²) in [6.07, 6.45) is 1.78. The molecule has 1 fully saturated rings. The van der Waals surface area contributed by atoms with E-state index >= 15 is 0 Å². The molecule has 0 unspecified atom stereocenters. The average Bonchev–Trinajstić information content (AvgIpc) is 2.83. The van der Waals surface area contributed by atoms with Crippen molar-refractivity contribution >= 4 is 11.8 Å². The standard InChI is InChI=1S/C12H14N2O2/c15-11(9-5-2-1-3-6-9)14-12(16)10-7-4-8-13-10/h1-3,5-6,10,13H,4,7-8H2,(H,14,15,16)/t10-/m0/s1. The summed E-state index contributed by atoms with van der Waals surface area (Å²) in [6.45, 7) is 0.845. The van der Waals surface area contributed by atoms with Crippen LogP contribution < -0.4 is 10.6 Å². The van der Waals surface area contributed by atoms with Crippen molar-refractivity contribution in [2.45, 2.75) is 18.9 Å². The molecule has 1 aliphatic rings. The first-order valence-corrected chi connectivity index (χ1v) is 5.41. The summed E-state index contributed by atoms with van der Waals surface area (Å²) < 4.78 is 0. The van der Waals surface area contributed by atoms with Crippen LogP contribution >= 0.6 is 0 Å². The van der Waals surface area contributed by atoms with Gasteiger partial charge in [0.2, 0.25) is 5.91 Å². The molecule has 16 heavy (non-hydrogen) atoms. The van der Waals surface area contributed by atoms with E-state index in [1.807, 2.05) is 6.07 Å². The van der Waals surface area contributed by atoms with Gasteiger partial charge in [-0.15, -0.1) is 0 Å². The summed E-state index contributed by atoms with van der Waals surface area (Å²) in [7, 11) is 0. The number of carbonyl (C=O) groups excluding carboxylic acids is 2. The van der Waals surface area contributed by atoms with E-state index in [1.54, 1.807) is 24.3 Å². The molecule has 2 amide bonds. The van der Waals surface area contributed by atoms with E-state index in [-0.39, 0.29) is 17.9 Å². The van der Waals surface area contributed by atoms with Gasteiger partial charge in [0.1, 0.15) is 0 Å². The molecule has 4 heteroatoms. The van der Waals surface area contributed by atoms with Crippen molar-refractivity contribution in [3.8, 4) is 0 Å². The molecule has 0 bridgehead atoms. The fraction of sp³-hybridized carbons (Fsp3) is 0.333. The molecule has 1 aromatic carbocycles. The summed E-state index contributed by atoms with van der Waals surface area (Å²) in [5.74, 6) is -0.564. The van der Waals surface area contributed by atoms with Crippen molar-refractivity contribution < 1.29 is 9.59 Å². The van der Waals surface area contributed by atoms with Crippen LogP contribution in [0.25, 0.3) is 0 Å². The highest BCUT2D eigenvalue weighted by atomic mass is 16.2. The van der Waals surface area contributed by atoms with Crippen molar-refractivity contribution in [2.24, 2.45) is 0 Å². The molecule has 0 aromatic heterocycles. The third kappa shape index (κ3) is 2.46. The molecule has 2 rings (SSSR count). The number of carbonyl (C=O) groups is 2. The lowest BCUT2D eigenvalue weighted by Gasteiger charge is -2.09. The number of imide groups is 1. The highest BCUT2D eigenvalue weighted by molar-refractivity contribution is 6.06. The van der Waals surface area contributed by atoms with Crippen LogP contribution in [-0.4, -0.2) is 24.4 Å². The van der Waals surface area contributed by atoms with Gasteiger partial charge in [-0.2, -0.15) is 0 Å². The lowest BCUT2D eigenvalue weighted by molar-refractivity contribution is -0.121. The Morgan fingerprint density at radius 2 is 2.00 bits per heavy atom. The zero-order valence-corrected chi connectivity index (χ0v) is 8.90. The van der Waals surface area contributed by atoms with Crippen molar-refractivity contribution in [2.75, 3.05) is 6.54 Å². The average molecular weight is 218 g/mol. The second-order valence-corrected chi connectivity index (χ2v) is 3.83. The quantitative estimate of drug-likeness (QED) is 0.718. The molecule has 2 N–H and O–H groups in total. The van der Waals surface area contributed by atoms with Crippen LogP contribution in [0.5, 0.6) is 0 Å². The van der Waals surface area contributed by atoms with E-state index in [2.05, 4.69) is 10.6 Å². The molecule has 84 valence electrons. The van der Waals surface area contributed by atoms with Crippen LogP contribution in [0.3, 0.4) is 0 Å². The van der Waals surface area contributed by atoms with Gasteiger partial charge in [-0.05, 0) is 31.5 Å². The van der Waals surface area contributed by atoms with E-state index in [1.165, 1.54) is 0 Å². The van der Waals surface area contributed by atoms with Gasteiger partial charge in [0.05, 0.1) is 6.04 Å². The fourth-order valence-electron chi connectivity index (χ4n) is 1.77. The Bertz CT molecular complexity index is 383. The minimum Gasteiger partial charge on any atom is -0.306 e. The van der Waals surface area contributed by atoms with Crippen LogP contribution in [0.15, 0.2) is 30.3 Å². The second-order valence-electron chi connectivity index (χ2n) is 3.83. The van der Waals surface area contributed by atoms with Gasteiger partial charge >= 0.3 is 0 Å². The summed E-state index contributed by atoms with van der Waals surface area (Å²) >= 11 is 0. The van der Waals surface area contributed by atoms with Gasteiger partial charge in [0.25, 0.3) is 5.91 Å². The van der Waals surface area contributed by atoms with Gasteiger partial charge in [0.15, 0.2) is 0 Å². The Morgan fingerprint density at radius 1 is 1.25 bits per heavy atom. The molecule has 0 spiro atoms. The molecule has 1 heterocycles. The Morgan fingerprint density at radius 3 is 2.62 bits per heavy atom. The van der Waals surface area contributed by atoms with E-state index < -0.39 is 0 Å². The number of rotatable bonds is 2. The fourth-order valence-corrected chi connectivity index (χ4v) is 1.77. The number of hydrogen-bond acceptors (Lipinski definition) is 3. The summed E-state index contributed by atoms with van der Waals surface area (Å²) in [5.41, 5.74) is 0.508. The zero-order chi connectivity index (χ0) is 11.4. The van der Waals surface area contributed by atoms with Gasteiger partial charge in [-0.1, -0.05) is 18.2 Å². The van der Waals surface area contributed by atoms with Crippen LogP contribution in [0.2, 0.25) is 0 Å². The summed E-state index contributed by atoms with van der Waals surface area (Å²) in [5, 5.41) is 5.45. The molecule has 0 aliphatic carbocycles. The maximum atomic E-state index is 11.7. The predicted molar refractivity (Wildman–Crippen MR) is 59.9 cm³/mol. The van der Waals surface area contributed by atoms with Gasteiger partial charge in [0, 0.05) is 5.56 Å². The third-order valence-electron chi connectivity index (χ3n) is 2.65. The number of hydrogen-bond donors (Lipinski definition) is 2. The lowest BCUT2D eigenvalue weighted by Crippen LogP contribution is -2.43. The Balaban J connectivity index is 1.94. The SMILES string of the molecule is O=C(NC(=O)[C@@H]1CCCN1)c1ccccc1. The van der Waals surface area contributed by atoms with E-state index in [4.69, 9.17) is 0 Å². The maximum Gasteiger partial charge on any atom is 0.257 e. The molecule has 4 nitrogen and oxygen atoms in total. The first-order chi connectivity index (χ1) is 7.77. The topological polar surface area (TPSA) is 58.2 Å². The van der Waals surface area contributed by atoms with Crippen LogP contribution in [0.4, 0.5) is 0 Å². The zero-order valence-electron chi connectivity index (χ0n) is 8.90. The van der Waals surface area contributed by atoms with E-state index in [0.29, 0.717) is 5.56 Å². The Kier molecular flexibility index (Phi) is 3.31. The monoisotopic (exact) mass is 218 g/mol. The minimum atomic E-state index is -0.334. The molecule has 0 radical (unpaired) electrons. The molecule has 1 saturated heterocycles. The number of nitrogens with one attached hydrogen (secondary N) is 2. The van der Waals surface area contributed by atoms with E-state index in [0.717, 1.165) is 19.4 Å². The molecule has 1 atom stereocenters. The first-order valence-electron chi connectivity index (χ1n) is 5.41. The molecular formula is C12H14N2O2. The summed E-state index contributed by atoms with van der Waals surface area (Å²) in [6, 6.07) is 8.53. The van der Waals surface area contributed by atoms with Crippen LogP contribution in [0, 0.1) is 0 Å². The van der Waals surface area contributed by atoms with Crippen LogP contribution in [-0.2, 0) is 4.79 Å². The second kappa shape index (κ2) is 4.90. The molecule has 0 saturated carbocycles. The highest BCUT2D eigenvalue weighted by Crippen LogP contribution is 2.05. The molecule has 1 aliphatic heterocycles. The van der Waals surface area contributed by atoms with Crippen molar-refractivity contribution in [1.29, 1.82) is 0 Å². The lowest BCUT2D eigenvalue weighted by atomic mass is 10.2. The van der Waals surface area contributed by atoms with E-state index in [9.17, 15) is 9.59 Å². The maximum absolute atomic E-state index is 11.7. The van der Waals surface area contributed by atoms with Gasteiger partial charge < -0.3 is 5.32 Å². The normalized spacial score (nSPS) is 19.4.